The zero-order valence-corrected chi connectivity index (χ0v) is 20.7. The fourth-order valence-electron chi connectivity index (χ4n) is 4.10. The number of ether oxygens (including phenoxy) is 1. The molecule has 4 rings (SSSR count). The minimum absolute atomic E-state index is 0.0983. The van der Waals surface area contributed by atoms with E-state index >= 15 is 0 Å². The van der Waals surface area contributed by atoms with Gasteiger partial charge in [0.15, 0.2) is 6.61 Å². The van der Waals surface area contributed by atoms with E-state index < -0.39 is 10.0 Å². The summed E-state index contributed by atoms with van der Waals surface area (Å²) in [7, 11) is -3.71. The smallest absolute Gasteiger partial charge is 0.262 e. The van der Waals surface area contributed by atoms with Crippen LogP contribution in [-0.2, 0) is 34.2 Å². The summed E-state index contributed by atoms with van der Waals surface area (Å²) in [6.45, 7) is 4.46. The molecule has 0 saturated heterocycles. The van der Waals surface area contributed by atoms with Crippen molar-refractivity contribution in [1.29, 1.82) is 0 Å². The molecule has 0 radical (unpaired) electrons. The first-order chi connectivity index (χ1) is 16.3. The molecule has 3 aromatic rings. The van der Waals surface area contributed by atoms with Crippen LogP contribution in [0.1, 0.15) is 29.2 Å². The number of carbonyl (C=O) groups excluding carboxylic acids is 1. The lowest BCUT2D eigenvalue weighted by atomic mass is 10.0. The number of hydrogen-bond donors (Lipinski definition) is 1. The van der Waals surface area contributed by atoms with Gasteiger partial charge in [-0.3, -0.25) is 4.79 Å². The van der Waals surface area contributed by atoms with Crippen LogP contribution in [0.15, 0.2) is 65.6 Å². The Morgan fingerprint density at radius 1 is 1.09 bits per heavy atom. The van der Waals surface area contributed by atoms with Gasteiger partial charge < -0.3 is 10.1 Å². The first kappa shape index (κ1) is 24.3. The average Bonchev–Trinajstić information content (AvgIpc) is 2.84. The fourth-order valence-corrected chi connectivity index (χ4v) is 5.85. The zero-order chi connectivity index (χ0) is 24.3. The molecule has 0 saturated carbocycles. The lowest BCUT2D eigenvalue weighted by Crippen LogP contribution is -2.35. The second-order valence-corrected chi connectivity index (χ2v) is 10.6. The van der Waals surface area contributed by atoms with Crippen LogP contribution in [0, 0.1) is 6.92 Å². The van der Waals surface area contributed by atoms with E-state index in [2.05, 4.69) is 5.32 Å². The molecule has 0 bridgehead atoms. The molecule has 0 spiro atoms. The van der Waals surface area contributed by atoms with Gasteiger partial charge in [-0.15, -0.1) is 0 Å². The molecule has 1 amide bonds. The van der Waals surface area contributed by atoms with Gasteiger partial charge >= 0.3 is 0 Å². The van der Waals surface area contributed by atoms with Crippen LogP contribution in [0.2, 0.25) is 5.02 Å². The Hall–Kier alpha value is -2.87. The lowest BCUT2D eigenvalue weighted by Gasteiger charge is -2.28. The maximum Gasteiger partial charge on any atom is 0.262 e. The molecule has 6 nitrogen and oxygen atoms in total. The quantitative estimate of drug-likeness (QED) is 0.498. The molecule has 1 heterocycles. The van der Waals surface area contributed by atoms with E-state index in [1.807, 2.05) is 56.3 Å². The molecule has 34 heavy (non-hydrogen) atoms. The number of hydrogen-bond acceptors (Lipinski definition) is 4. The van der Waals surface area contributed by atoms with Gasteiger partial charge in [0, 0.05) is 18.8 Å². The van der Waals surface area contributed by atoms with Crippen molar-refractivity contribution in [3.63, 3.8) is 0 Å². The van der Waals surface area contributed by atoms with Crippen molar-refractivity contribution in [2.24, 2.45) is 0 Å². The number of amides is 1. The molecule has 178 valence electrons. The Labute approximate surface area is 205 Å². The minimum atomic E-state index is -3.71. The number of sulfonamides is 1. The molecule has 1 aliphatic rings. The van der Waals surface area contributed by atoms with E-state index in [9.17, 15) is 13.2 Å². The van der Waals surface area contributed by atoms with Crippen LogP contribution >= 0.6 is 11.6 Å². The molecule has 0 fully saturated rings. The predicted octanol–water partition coefficient (Wildman–Crippen LogP) is 4.98. The van der Waals surface area contributed by atoms with E-state index in [4.69, 9.17) is 16.3 Å². The van der Waals surface area contributed by atoms with Gasteiger partial charge in [-0.25, -0.2) is 8.42 Å². The van der Waals surface area contributed by atoms with E-state index in [0.29, 0.717) is 19.5 Å². The number of carbonyl (C=O) groups is 1. The Morgan fingerprint density at radius 2 is 1.85 bits per heavy atom. The maximum absolute atomic E-state index is 13.2. The van der Waals surface area contributed by atoms with Crippen LogP contribution in [0.4, 0.5) is 5.69 Å². The molecular formula is C26H27ClN2O4S. The largest absolute Gasteiger partial charge is 0.482 e. The molecule has 0 atom stereocenters. The molecule has 1 aliphatic heterocycles. The normalized spacial score (nSPS) is 13.9. The fraction of sp³-hybridized carbons (Fsp3) is 0.269. The van der Waals surface area contributed by atoms with Gasteiger partial charge in [0.25, 0.3) is 5.91 Å². The Bertz CT molecular complexity index is 1320. The number of nitrogens with one attached hydrogen (secondary N) is 1. The maximum atomic E-state index is 13.2. The van der Waals surface area contributed by atoms with Crippen molar-refractivity contribution >= 4 is 33.2 Å². The Morgan fingerprint density at radius 3 is 2.59 bits per heavy atom. The first-order valence-corrected chi connectivity index (χ1v) is 13.0. The zero-order valence-electron chi connectivity index (χ0n) is 19.2. The van der Waals surface area contributed by atoms with Crippen molar-refractivity contribution in [3.8, 4) is 5.75 Å². The number of para-hydroxylation sites is 1. The van der Waals surface area contributed by atoms with E-state index in [1.165, 1.54) is 28.1 Å². The standard InChI is InChI=1S/C26H27ClN2O4S/c1-3-19-10-6-7-18(2)26(19)28-25(30)17-33-24-12-11-22(15-23(24)27)34(31,32)29-14-13-20-8-4-5-9-21(20)16-29/h4-12,15H,3,13-14,16-17H2,1-2H3,(H,28,30). The number of anilines is 1. The summed E-state index contributed by atoms with van der Waals surface area (Å²) in [6.07, 6.45) is 1.46. The second kappa shape index (κ2) is 10.2. The number of halogens is 1. The van der Waals surface area contributed by atoms with Crippen LogP contribution in [-0.4, -0.2) is 31.8 Å². The summed E-state index contributed by atoms with van der Waals surface area (Å²) in [5.41, 5.74) is 4.98. The van der Waals surface area contributed by atoms with Crippen molar-refractivity contribution in [3.05, 3.63) is 87.9 Å². The third-order valence-electron chi connectivity index (χ3n) is 6.00. The van der Waals surface area contributed by atoms with Crippen molar-refractivity contribution < 1.29 is 17.9 Å². The summed E-state index contributed by atoms with van der Waals surface area (Å²) >= 11 is 6.33. The van der Waals surface area contributed by atoms with Gasteiger partial charge in [0.05, 0.1) is 9.92 Å². The second-order valence-electron chi connectivity index (χ2n) is 8.25. The summed E-state index contributed by atoms with van der Waals surface area (Å²) in [5.74, 6) is -0.0657. The number of aryl methyl sites for hydroxylation is 2. The molecule has 3 aromatic carbocycles. The Balaban J connectivity index is 1.43. The third kappa shape index (κ3) is 5.12. The molecule has 0 aromatic heterocycles. The van der Waals surface area contributed by atoms with Crippen molar-refractivity contribution in [2.45, 2.75) is 38.1 Å². The summed E-state index contributed by atoms with van der Waals surface area (Å²) in [6, 6.07) is 18.1. The molecule has 8 heteroatoms. The number of nitrogens with zero attached hydrogens (tertiary/aromatic N) is 1. The van der Waals surface area contributed by atoms with Crippen LogP contribution in [0.25, 0.3) is 0 Å². The van der Waals surface area contributed by atoms with Crippen molar-refractivity contribution in [1.82, 2.24) is 4.31 Å². The molecule has 1 N–H and O–H groups in total. The van der Waals surface area contributed by atoms with Crippen LogP contribution < -0.4 is 10.1 Å². The SMILES string of the molecule is CCc1cccc(C)c1NC(=O)COc1ccc(S(=O)(=O)N2CCc3ccccc3C2)cc1Cl. The van der Waals surface area contributed by atoms with E-state index in [0.717, 1.165) is 28.8 Å². The number of rotatable bonds is 7. The van der Waals surface area contributed by atoms with Gasteiger partial charge in [0.1, 0.15) is 5.75 Å². The van der Waals surface area contributed by atoms with Gasteiger partial charge in [-0.05, 0) is 60.2 Å². The number of fused-ring (bicyclic) bond motifs is 1. The highest BCUT2D eigenvalue weighted by atomic mass is 35.5. The van der Waals surface area contributed by atoms with Gasteiger partial charge in [-0.2, -0.15) is 4.31 Å². The monoisotopic (exact) mass is 498 g/mol. The van der Waals surface area contributed by atoms with Gasteiger partial charge in [-0.1, -0.05) is 61.0 Å². The van der Waals surface area contributed by atoms with Crippen LogP contribution in [0.5, 0.6) is 5.75 Å². The number of benzene rings is 3. The van der Waals surface area contributed by atoms with Crippen LogP contribution in [0.3, 0.4) is 0 Å². The third-order valence-corrected chi connectivity index (χ3v) is 8.14. The summed E-state index contributed by atoms with van der Waals surface area (Å²) in [5, 5.41) is 3.03. The highest BCUT2D eigenvalue weighted by Crippen LogP contribution is 2.31. The minimum Gasteiger partial charge on any atom is -0.482 e. The van der Waals surface area contributed by atoms with E-state index in [1.54, 1.807) is 0 Å². The summed E-state index contributed by atoms with van der Waals surface area (Å²) < 4.78 is 33.4. The summed E-state index contributed by atoms with van der Waals surface area (Å²) in [4.78, 5) is 12.6. The highest BCUT2D eigenvalue weighted by Gasteiger charge is 2.28. The predicted molar refractivity (Wildman–Crippen MR) is 134 cm³/mol. The molecule has 0 unspecified atom stereocenters. The average molecular weight is 499 g/mol. The molecule has 0 aliphatic carbocycles. The Kier molecular flexibility index (Phi) is 7.26. The highest BCUT2D eigenvalue weighted by molar-refractivity contribution is 7.89. The lowest BCUT2D eigenvalue weighted by molar-refractivity contribution is -0.118. The van der Waals surface area contributed by atoms with Crippen molar-refractivity contribution in [2.75, 3.05) is 18.5 Å². The first-order valence-electron chi connectivity index (χ1n) is 11.2. The van der Waals surface area contributed by atoms with E-state index in [-0.39, 0.29) is 28.2 Å². The van der Waals surface area contributed by atoms with Gasteiger partial charge in [0.2, 0.25) is 10.0 Å². The molecular weight excluding hydrogens is 472 g/mol. The topological polar surface area (TPSA) is 75.7 Å².